The minimum absolute atomic E-state index is 0. The largest absolute Gasteiger partial charge is 0.497 e. The summed E-state index contributed by atoms with van der Waals surface area (Å²) in [6, 6.07) is 5.31. The SMILES string of the molecule is CCNC(=NCC(O)c1cc(OC)ccc1OC)N1CCC(C(=O)OC)CC1.I. The Kier molecular flexibility index (Phi) is 11.1. The predicted molar refractivity (Wildman–Crippen MR) is 122 cm³/mol. The zero-order chi connectivity index (χ0) is 20.5. The molecule has 0 aliphatic carbocycles. The third kappa shape index (κ3) is 6.91. The van der Waals surface area contributed by atoms with Gasteiger partial charge in [0.15, 0.2) is 5.96 Å². The first-order valence-corrected chi connectivity index (χ1v) is 9.55. The van der Waals surface area contributed by atoms with Crippen LogP contribution in [-0.2, 0) is 9.53 Å². The summed E-state index contributed by atoms with van der Waals surface area (Å²) < 4.78 is 15.4. The standard InChI is InChI=1S/C20H31N3O5.HI/c1-5-21-20(23-10-8-14(9-11-23)19(25)28-4)22-13-17(24)16-12-15(26-2)6-7-18(16)27-3;/h6-7,12,14,17,24H,5,8-11,13H2,1-4H3,(H,21,22);1H. The Morgan fingerprint density at radius 1 is 1.28 bits per heavy atom. The number of rotatable bonds is 7. The number of aliphatic imine (C=N–C) groups is 1. The van der Waals surface area contributed by atoms with Crippen LogP contribution in [0.4, 0.5) is 0 Å². The van der Waals surface area contributed by atoms with Crippen molar-refractivity contribution < 1.29 is 24.1 Å². The van der Waals surface area contributed by atoms with Gasteiger partial charge in [-0.05, 0) is 38.0 Å². The summed E-state index contributed by atoms with van der Waals surface area (Å²) in [5.74, 6) is 1.76. The first-order valence-electron chi connectivity index (χ1n) is 9.55. The van der Waals surface area contributed by atoms with E-state index in [1.807, 2.05) is 6.92 Å². The highest BCUT2D eigenvalue weighted by atomic mass is 127. The first kappa shape index (κ1) is 25.3. The van der Waals surface area contributed by atoms with E-state index >= 15 is 0 Å². The molecule has 0 amide bonds. The fourth-order valence-corrected chi connectivity index (χ4v) is 3.29. The van der Waals surface area contributed by atoms with E-state index in [1.54, 1.807) is 32.4 Å². The normalized spacial score (nSPS) is 15.9. The maximum Gasteiger partial charge on any atom is 0.308 e. The number of carbonyl (C=O) groups is 1. The molecule has 1 aromatic carbocycles. The molecule has 1 saturated heterocycles. The second-order valence-corrected chi connectivity index (χ2v) is 6.60. The van der Waals surface area contributed by atoms with E-state index in [2.05, 4.69) is 15.2 Å². The topological polar surface area (TPSA) is 92.6 Å². The van der Waals surface area contributed by atoms with E-state index in [-0.39, 0.29) is 42.4 Å². The van der Waals surface area contributed by atoms with Crippen LogP contribution in [0, 0.1) is 5.92 Å². The van der Waals surface area contributed by atoms with Gasteiger partial charge in [0.2, 0.25) is 0 Å². The highest BCUT2D eigenvalue weighted by Gasteiger charge is 2.27. The predicted octanol–water partition coefficient (Wildman–Crippen LogP) is 2.21. The number of likely N-dealkylation sites (tertiary alicyclic amines) is 1. The molecular formula is C20H32IN3O5. The number of esters is 1. The number of aliphatic hydroxyl groups excluding tert-OH is 1. The van der Waals surface area contributed by atoms with Crippen LogP contribution >= 0.6 is 24.0 Å². The number of hydrogen-bond acceptors (Lipinski definition) is 6. The van der Waals surface area contributed by atoms with Gasteiger partial charge in [0.05, 0.1) is 33.8 Å². The van der Waals surface area contributed by atoms with Gasteiger partial charge in [0.1, 0.15) is 17.6 Å². The molecule has 8 nitrogen and oxygen atoms in total. The quantitative estimate of drug-likeness (QED) is 0.246. The molecule has 0 spiro atoms. The molecule has 1 aliphatic rings. The minimum atomic E-state index is -0.827. The molecule has 1 aromatic rings. The van der Waals surface area contributed by atoms with E-state index < -0.39 is 6.10 Å². The van der Waals surface area contributed by atoms with Crippen molar-refractivity contribution in [1.82, 2.24) is 10.2 Å². The van der Waals surface area contributed by atoms with Crippen LogP contribution in [0.25, 0.3) is 0 Å². The average Bonchev–Trinajstić information content (AvgIpc) is 2.75. The summed E-state index contributed by atoms with van der Waals surface area (Å²) >= 11 is 0. The van der Waals surface area contributed by atoms with Crippen LogP contribution < -0.4 is 14.8 Å². The number of nitrogens with zero attached hydrogens (tertiary/aromatic N) is 2. The fraction of sp³-hybridized carbons (Fsp3) is 0.600. The van der Waals surface area contributed by atoms with Gasteiger partial charge in [-0.25, -0.2) is 0 Å². The van der Waals surface area contributed by atoms with Gasteiger partial charge >= 0.3 is 5.97 Å². The maximum atomic E-state index is 11.7. The van der Waals surface area contributed by atoms with Crippen LogP contribution in [0.5, 0.6) is 11.5 Å². The number of carbonyl (C=O) groups excluding carboxylic acids is 1. The molecule has 0 saturated carbocycles. The van der Waals surface area contributed by atoms with Gasteiger partial charge in [-0.15, -0.1) is 24.0 Å². The third-order valence-electron chi connectivity index (χ3n) is 4.87. The first-order chi connectivity index (χ1) is 13.5. The number of piperidine rings is 1. The number of halogens is 1. The lowest BCUT2D eigenvalue weighted by Gasteiger charge is -2.33. The second kappa shape index (κ2) is 12.7. The van der Waals surface area contributed by atoms with E-state index in [9.17, 15) is 9.90 Å². The average molecular weight is 521 g/mol. The Balaban J connectivity index is 0.00000420. The van der Waals surface area contributed by atoms with E-state index in [4.69, 9.17) is 14.2 Å². The monoisotopic (exact) mass is 521 g/mol. The Morgan fingerprint density at radius 3 is 2.52 bits per heavy atom. The zero-order valence-electron chi connectivity index (χ0n) is 17.5. The lowest BCUT2D eigenvalue weighted by Crippen LogP contribution is -2.46. The number of benzene rings is 1. The summed E-state index contributed by atoms with van der Waals surface area (Å²) in [5, 5.41) is 13.9. The maximum absolute atomic E-state index is 11.7. The summed E-state index contributed by atoms with van der Waals surface area (Å²) in [4.78, 5) is 18.4. The van der Waals surface area contributed by atoms with Crippen molar-refractivity contribution in [2.24, 2.45) is 10.9 Å². The van der Waals surface area contributed by atoms with Gasteiger partial charge in [-0.1, -0.05) is 0 Å². The highest BCUT2D eigenvalue weighted by Crippen LogP contribution is 2.29. The Morgan fingerprint density at radius 2 is 1.97 bits per heavy atom. The van der Waals surface area contributed by atoms with Crippen LogP contribution in [0.15, 0.2) is 23.2 Å². The lowest BCUT2D eigenvalue weighted by atomic mass is 9.97. The molecule has 2 N–H and O–H groups in total. The smallest absolute Gasteiger partial charge is 0.308 e. The van der Waals surface area contributed by atoms with Crippen LogP contribution in [0.2, 0.25) is 0 Å². The lowest BCUT2D eigenvalue weighted by molar-refractivity contribution is -0.146. The molecular weight excluding hydrogens is 489 g/mol. The number of guanidine groups is 1. The molecule has 0 aromatic heterocycles. The fourth-order valence-electron chi connectivity index (χ4n) is 3.29. The molecule has 0 radical (unpaired) electrons. The van der Waals surface area contributed by atoms with Gasteiger partial charge in [0, 0.05) is 25.2 Å². The van der Waals surface area contributed by atoms with Crippen molar-refractivity contribution in [3.8, 4) is 11.5 Å². The summed E-state index contributed by atoms with van der Waals surface area (Å²) in [5.41, 5.74) is 0.630. The molecule has 164 valence electrons. The molecule has 29 heavy (non-hydrogen) atoms. The van der Waals surface area contributed by atoms with E-state index in [0.29, 0.717) is 36.7 Å². The number of hydrogen-bond donors (Lipinski definition) is 2. The van der Waals surface area contributed by atoms with E-state index in [0.717, 1.165) is 18.8 Å². The number of methoxy groups -OCH3 is 3. The molecule has 1 atom stereocenters. The number of ether oxygens (including phenoxy) is 3. The van der Waals surface area contributed by atoms with Crippen molar-refractivity contribution >= 4 is 35.9 Å². The van der Waals surface area contributed by atoms with Crippen LogP contribution in [0.3, 0.4) is 0 Å². The van der Waals surface area contributed by atoms with Crippen LogP contribution in [0.1, 0.15) is 31.4 Å². The van der Waals surface area contributed by atoms with Gasteiger partial charge in [0.25, 0.3) is 0 Å². The molecule has 1 heterocycles. The van der Waals surface area contributed by atoms with E-state index in [1.165, 1.54) is 7.11 Å². The number of aliphatic hydroxyl groups is 1. The summed E-state index contributed by atoms with van der Waals surface area (Å²) in [6.07, 6.45) is 0.624. The zero-order valence-corrected chi connectivity index (χ0v) is 19.8. The van der Waals surface area contributed by atoms with Crippen molar-refractivity contribution in [3.63, 3.8) is 0 Å². The summed E-state index contributed by atoms with van der Waals surface area (Å²) in [7, 11) is 4.57. The second-order valence-electron chi connectivity index (χ2n) is 6.60. The highest BCUT2D eigenvalue weighted by molar-refractivity contribution is 14.0. The van der Waals surface area contributed by atoms with Crippen molar-refractivity contribution in [3.05, 3.63) is 23.8 Å². The van der Waals surface area contributed by atoms with Crippen molar-refractivity contribution in [1.29, 1.82) is 0 Å². The Hall–Kier alpha value is -1.75. The van der Waals surface area contributed by atoms with Gasteiger partial charge in [-0.3, -0.25) is 9.79 Å². The molecule has 9 heteroatoms. The molecule has 1 aliphatic heterocycles. The third-order valence-corrected chi connectivity index (χ3v) is 4.87. The van der Waals surface area contributed by atoms with Crippen molar-refractivity contribution in [2.75, 3.05) is 47.5 Å². The van der Waals surface area contributed by atoms with Gasteiger partial charge < -0.3 is 29.5 Å². The van der Waals surface area contributed by atoms with Crippen LogP contribution in [-0.4, -0.2) is 69.4 Å². The molecule has 1 unspecified atom stereocenters. The molecule has 2 rings (SSSR count). The Bertz CT molecular complexity index is 678. The molecule has 0 bridgehead atoms. The van der Waals surface area contributed by atoms with Gasteiger partial charge in [-0.2, -0.15) is 0 Å². The number of nitrogens with one attached hydrogen (secondary N) is 1. The van der Waals surface area contributed by atoms with Crippen molar-refractivity contribution in [2.45, 2.75) is 25.9 Å². The minimum Gasteiger partial charge on any atom is -0.497 e. The summed E-state index contributed by atoms with van der Waals surface area (Å²) in [6.45, 7) is 4.32. The Labute approximate surface area is 189 Å². The molecule has 1 fully saturated rings.